The number of benzene rings is 1. The summed E-state index contributed by atoms with van der Waals surface area (Å²) in [7, 11) is 0. The number of aryl methyl sites for hydroxylation is 1. The van der Waals surface area contributed by atoms with Gasteiger partial charge >= 0.3 is 0 Å². The summed E-state index contributed by atoms with van der Waals surface area (Å²) in [4.78, 5) is 27.5. The van der Waals surface area contributed by atoms with Crippen LogP contribution in [0.3, 0.4) is 0 Å². The minimum Gasteiger partial charge on any atom is -0.353 e. The molecule has 4 nitrogen and oxygen atoms in total. The SMILES string of the molecule is O=C(Cc1cc(-c2ccccc2)c(=O)n2c1-c1sccc1CC2)NC1CCCCC1. The molecule has 5 rings (SSSR count). The molecule has 0 atom stereocenters. The number of thiophene rings is 1. The van der Waals surface area contributed by atoms with E-state index >= 15 is 0 Å². The van der Waals surface area contributed by atoms with Gasteiger partial charge in [0.15, 0.2) is 0 Å². The molecule has 3 heterocycles. The van der Waals surface area contributed by atoms with Crippen molar-refractivity contribution >= 4 is 17.2 Å². The number of pyridine rings is 1. The zero-order valence-corrected chi connectivity index (χ0v) is 17.8. The molecule has 1 aliphatic carbocycles. The molecule has 2 aliphatic rings. The van der Waals surface area contributed by atoms with E-state index in [1.807, 2.05) is 41.0 Å². The molecular formula is C25H26N2O2S. The van der Waals surface area contributed by atoms with Crippen LogP contribution in [0.1, 0.15) is 43.2 Å². The van der Waals surface area contributed by atoms with Crippen molar-refractivity contribution in [1.29, 1.82) is 0 Å². The monoisotopic (exact) mass is 418 g/mol. The van der Waals surface area contributed by atoms with E-state index in [4.69, 9.17) is 0 Å². The molecule has 1 aromatic carbocycles. The third-order valence-electron chi connectivity index (χ3n) is 6.34. The van der Waals surface area contributed by atoms with Gasteiger partial charge in [-0.1, -0.05) is 49.6 Å². The van der Waals surface area contributed by atoms with Gasteiger partial charge in [-0.25, -0.2) is 0 Å². The fraction of sp³-hybridized carbons (Fsp3) is 0.360. The van der Waals surface area contributed by atoms with Crippen LogP contribution in [0, 0.1) is 0 Å². The van der Waals surface area contributed by atoms with E-state index in [9.17, 15) is 9.59 Å². The summed E-state index contributed by atoms with van der Waals surface area (Å²) >= 11 is 1.66. The van der Waals surface area contributed by atoms with Crippen LogP contribution >= 0.6 is 11.3 Å². The lowest BCUT2D eigenvalue weighted by Crippen LogP contribution is -2.37. The topological polar surface area (TPSA) is 51.1 Å². The number of nitrogens with zero attached hydrogens (tertiary/aromatic N) is 1. The number of carbonyl (C=O) groups excluding carboxylic acids is 1. The number of hydrogen-bond donors (Lipinski definition) is 1. The summed E-state index contributed by atoms with van der Waals surface area (Å²) in [5.74, 6) is 0.0611. The molecule has 0 radical (unpaired) electrons. The fourth-order valence-corrected chi connectivity index (χ4v) is 5.88. The van der Waals surface area contributed by atoms with Gasteiger partial charge in [0.1, 0.15) is 0 Å². The molecular weight excluding hydrogens is 392 g/mol. The molecule has 1 N–H and O–H groups in total. The van der Waals surface area contributed by atoms with Crippen molar-refractivity contribution in [2.75, 3.05) is 0 Å². The Morgan fingerprint density at radius 1 is 1.10 bits per heavy atom. The second-order valence-electron chi connectivity index (χ2n) is 8.36. The minimum absolute atomic E-state index is 0.0340. The largest absolute Gasteiger partial charge is 0.353 e. The van der Waals surface area contributed by atoms with Crippen LogP contribution in [0.15, 0.2) is 52.6 Å². The number of carbonyl (C=O) groups is 1. The lowest BCUT2D eigenvalue weighted by atomic mass is 9.94. The number of amides is 1. The molecule has 1 amide bonds. The summed E-state index contributed by atoms with van der Waals surface area (Å²) in [6.07, 6.45) is 6.96. The number of rotatable bonds is 4. The fourth-order valence-electron chi connectivity index (χ4n) is 4.84. The predicted octanol–water partition coefficient (Wildman–Crippen LogP) is 4.79. The van der Waals surface area contributed by atoms with E-state index in [1.165, 1.54) is 24.8 Å². The molecule has 5 heteroatoms. The van der Waals surface area contributed by atoms with Gasteiger partial charge in [0, 0.05) is 18.2 Å². The Kier molecular flexibility index (Phi) is 5.30. The average Bonchev–Trinajstić information content (AvgIpc) is 3.25. The highest BCUT2D eigenvalue weighted by Gasteiger charge is 2.25. The maximum atomic E-state index is 13.4. The van der Waals surface area contributed by atoms with Gasteiger partial charge in [0.2, 0.25) is 5.91 Å². The maximum Gasteiger partial charge on any atom is 0.258 e. The van der Waals surface area contributed by atoms with E-state index in [1.54, 1.807) is 11.3 Å². The molecule has 2 aromatic heterocycles. The summed E-state index contributed by atoms with van der Waals surface area (Å²) in [5, 5.41) is 5.33. The minimum atomic E-state index is 0.0340. The van der Waals surface area contributed by atoms with Gasteiger partial charge in [-0.05, 0) is 53.5 Å². The van der Waals surface area contributed by atoms with Crippen molar-refractivity contribution in [3.05, 3.63) is 69.3 Å². The van der Waals surface area contributed by atoms with E-state index in [2.05, 4.69) is 16.8 Å². The average molecular weight is 419 g/mol. The first kappa shape index (κ1) is 19.3. The van der Waals surface area contributed by atoms with Crippen LogP contribution in [0.4, 0.5) is 0 Å². The summed E-state index contributed by atoms with van der Waals surface area (Å²) < 4.78 is 1.89. The van der Waals surface area contributed by atoms with Crippen molar-refractivity contribution in [3.8, 4) is 21.7 Å². The van der Waals surface area contributed by atoms with Gasteiger partial charge < -0.3 is 9.88 Å². The third kappa shape index (κ3) is 3.63. The number of nitrogens with one attached hydrogen (secondary N) is 1. The smallest absolute Gasteiger partial charge is 0.258 e. The Bertz CT molecular complexity index is 1120. The molecule has 0 spiro atoms. The van der Waals surface area contributed by atoms with Crippen LogP contribution in [0.2, 0.25) is 0 Å². The normalized spacial score (nSPS) is 16.0. The van der Waals surface area contributed by atoms with E-state index in [0.29, 0.717) is 24.6 Å². The second-order valence-corrected chi connectivity index (χ2v) is 9.27. The van der Waals surface area contributed by atoms with Gasteiger partial charge in [0.05, 0.1) is 17.0 Å². The van der Waals surface area contributed by atoms with Crippen molar-refractivity contribution < 1.29 is 4.79 Å². The van der Waals surface area contributed by atoms with Gasteiger partial charge in [-0.3, -0.25) is 9.59 Å². The zero-order chi connectivity index (χ0) is 20.5. The summed E-state index contributed by atoms with van der Waals surface area (Å²) in [5.41, 5.74) is 4.79. The lowest BCUT2D eigenvalue weighted by Gasteiger charge is -2.25. The molecule has 1 aliphatic heterocycles. The highest BCUT2D eigenvalue weighted by atomic mass is 32.1. The zero-order valence-electron chi connectivity index (χ0n) is 17.0. The van der Waals surface area contributed by atoms with Crippen LogP contribution < -0.4 is 10.9 Å². The first-order valence-corrected chi connectivity index (χ1v) is 11.8. The Hall–Kier alpha value is -2.66. The Labute approximate surface area is 180 Å². The number of aromatic nitrogens is 1. The molecule has 0 unspecified atom stereocenters. The Morgan fingerprint density at radius 2 is 1.90 bits per heavy atom. The van der Waals surface area contributed by atoms with E-state index in [0.717, 1.165) is 41.0 Å². The van der Waals surface area contributed by atoms with Crippen LogP contribution in [0.5, 0.6) is 0 Å². The first-order valence-electron chi connectivity index (χ1n) is 10.9. The molecule has 30 heavy (non-hydrogen) atoms. The summed E-state index contributed by atoms with van der Waals surface area (Å²) in [6.45, 7) is 0.663. The van der Waals surface area contributed by atoms with E-state index < -0.39 is 0 Å². The Morgan fingerprint density at radius 3 is 2.70 bits per heavy atom. The van der Waals surface area contributed by atoms with Crippen molar-refractivity contribution in [2.24, 2.45) is 0 Å². The number of fused-ring (bicyclic) bond motifs is 3. The number of hydrogen-bond acceptors (Lipinski definition) is 3. The lowest BCUT2D eigenvalue weighted by molar-refractivity contribution is -0.121. The predicted molar refractivity (Wildman–Crippen MR) is 122 cm³/mol. The highest BCUT2D eigenvalue weighted by Crippen LogP contribution is 2.37. The summed E-state index contributed by atoms with van der Waals surface area (Å²) in [6, 6.07) is 14.2. The van der Waals surface area contributed by atoms with Crippen molar-refractivity contribution in [2.45, 2.75) is 57.5 Å². The van der Waals surface area contributed by atoms with Crippen LogP contribution in [0.25, 0.3) is 21.7 Å². The van der Waals surface area contributed by atoms with Crippen LogP contribution in [-0.2, 0) is 24.2 Å². The van der Waals surface area contributed by atoms with Crippen molar-refractivity contribution in [1.82, 2.24) is 9.88 Å². The molecule has 3 aromatic rings. The third-order valence-corrected chi connectivity index (χ3v) is 7.30. The quantitative estimate of drug-likeness (QED) is 0.662. The molecule has 1 fully saturated rings. The standard InChI is InChI=1S/C25H26N2O2S/c28-22(26-20-9-5-2-6-10-20)16-19-15-21(17-7-3-1-4-8-17)25(29)27-13-11-18-12-14-30-24(18)23(19)27/h1,3-4,7-8,12,14-15,20H,2,5-6,9-11,13,16H2,(H,26,28). The maximum absolute atomic E-state index is 13.4. The van der Waals surface area contributed by atoms with Gasteiger partial charge in [-0.15, -0.1) is 11.3 Å². The van der Waals surface area contributed by atoms with Crippen molar-refractivity contribution in [3.63, 3.8) is 0 Å². The highest BCUT2D eigenvalue weighted by molar-refractivity contribution is 7.13. The van der Waals surface area contributed by atoms with E-state index in [-0.39, 0.29) is 11.5 Å². The molecule has 1 saturated carbocycles. The first-order chi connectivity index (χ1) is 14.7. The van der Waals surface area contributed by atoms with Gasteiger partial charge in [0.25, 0.3) is 5.56 Å². The molecule has 0 bridgehead atoms. The van der Waals surface area contributed by atoms with Gasteiger partial charge in [-0.2, -0.15) is 0 Å². The second kappa shape index (κ2) is 8.23. The Balaban J connectivity index is 1.56. The van der Waals surface area contributed by atoms with Crippen LogP contribution in [-0.4, -0.2) is 16.5 Å². The molecule has 0 saturated heterocycles. The molecule has 154 valence electrons.